The van der Waals surface area contributed by atoms with E-state index >= 15 is 0 Å². The third kappa shape index (κ3) is 6.82. The SMILES string of the molecule is C=CN=CN=CC(=C)C. The van der Waals surface area contributed by atoms with Crippen molar-refractivity contribution in [1.29, 1.82) is 0 Å². The van der Waals surface area contributed by atoms with Crippen LogP contribution in [-0.2, 0) is 0 Å². The second-order valence-corrected chi connectivity index (χ2v) is 1.57. The van der Waals surface area contributed by atoms with Crippen molar-refractivity contribution in [3.05, 3.63) is 24.9 Å². The van der Waals surface area contributed by atoms with Crippen LogP contribution in [0.4, 0.5) is 0 Å². The Morgan fingerprint density at radius 3 is 2.56 bits per heavy atom. The van der Waals surface area contributed by atoms with E-state index < -0.39 is 0 Å². The van der Waals surface area contributed by atoms with E-state index in [2.05, 4.69) is 23.1 Å². The third-order valence-electron chi connectivity index (χ3n) is 0.534. The van der Waals surface area contributed by atoms with Crippen LogP contribution in [0.1, 0.15) is 6.92 Å². The van der Waals surface area contributed by atoms with Gasteiger partial charge in [-0.25, -0.2) is 9.98 Å². The molecule has 0 fully saturated rings. The number of hydrogen-bond donors (Lipinski definition) is 0. The Morgan fingerprint density at radius 2 is 2.11 bits per heavy atom. The van der Waals surface area contributed by atoms with Crippen LogP contribution in [0.3, 0.4) is 0 Å². The fourth-order valence-electron chi connectivity index (χ4n) is 0.246. The molecule has 0 amide bonds. The van der Waals surface area contributed by atoms with Crippen molar-refractivity contribution < 1.29 is 0 Å². The Morgan fingerprint density at radius 1 is 1.44 bits per heavy atom. The molecule has 2 heteroatoms. The molecule has 0 rings (SSSR count). The van der Waals surface area contributed by atoms with Gasteiger partial charge in [0.15, 0.2) is 0 Å². The fraction of sp³-hybridized carbons (Fsp3) is 0.143. The average molecular weight is 122 g/mol. The number of aliphatic imine (C=N–C) groups is 2. The van der Waals surface area contributed by atoms with Crippen LogP contribution >= 0.6 is 0 Å². The molecule has 2 nitrogen and oxygen atoms in total. The van der Waals surface area contributed by atoms with Crippen molar-refractivity contribution >= 4 is 12.6 Å². The van der Waals surface area contributed by atoms with Gasteiger partial charge in [0.2, 0.25) is 0 Å². The van der Waals surface area contributed by atoms with E-state index in [9.17, 15) is 0 Å². The van der Waals surface area contributed by atoms with Gasteiger partial charge in [0.05, 0.1) is 0 Å². The highest BCUT2D eigenvalue weighted by molar-refractivity contribution is 5.83. The molecule has 48 valence electrons. The Balaban J connectivity index is 3.59. The maximum atomic E-state index is 3.77. The maximum Gasteiger partial charge on any atom is 0.115 e. The minimum absolute atomic E-state index is 0.908. The Labute approximate surface area is 55.3 Å². The summed E-state index contributed by atoms with van der Waals surface area (Å²) in [5.74, 6) is 0. The maximum absolute atomic E-state index is 3.77. The van der Waals surface area contributed by atoms with Gasteiger partial charge in [0.1, 0.15) is 6.34 Å². The monoisotopic (exact) mass is 122 g/mol. The largest absolute Gasteiger partial charge is 0.246 e. The zero-order valence-electron chi connectivity index (χ0n) is 5.54. The van der Waals surface area contributed by atoms with E-state index in [0.717, 1.165) is 5.57 Å². The average Bonchev–Trinajstić information content (AvgIpc) is 1.80. The van der Waals surface area contributed by atoms with Crippen LogP contribution < -0.4 is 0 Å². The minimum Gasteiger partial charge on any atom is -0.246 e. The Kier molecular flexibility index (Phi) is 4.32. The van der Waals surface area contributed by atoms with Crippen molar-refractivity contribution in [1.82, 2.24) is 0 Å². The molecule has 0 aliphatic heterocycles. The lowest BCUT2D eigenvalue weighted by Gasteiger charge is -1.78. The Bertz CT molecular complexity index is 154. The predicted molar refractivity (Wildman–Crippen MR) is 42.0 cm³/mol. The molecule has 0 aliphatic carbocycles. The zero-order valence-corrected chi connectivity index (χ0v) is 5.54. The quantitative estimate of drug-likeness (QED) is 0.403. The molecule has 0 unspecified atom stereocenters. The molecule has 0 N–H and O–H groups in total. The number of hydrogen-bond acceptors (Lipinski definition) is 1. The summed E-state index contributed by atoms with van der Waals surface area (Å²) in [6, 6.07) is 0. The summed E-state index contributed by atoms with van der Waals surface area (Å²) in [6.45, 7) is 8.87. The van der Waals surface area contributed by atoms with E-state index in [-0.39, 0.29) is 0 Å². The third-order valence-corrected chi connectivity index (χ3v) is 0.534. The predicted octanol–water partition coefficient (Wildman–Crippen LogP) is 1.81. The van der Waals surface area contributed by atoms with Gasteiger partial charge < -0.3 is 0 Å². The van der Waals surface area contributed by atoms with Crippen molar-refractivity contribution in [2.45, 2.75) is 6.92 Å². The highest BCUT2D eigenvalue weighted by atomic mass is 14.8. The first-order chi connectivity index (χ1) is 4.27. The summed E-state index contributed by atoms with van der Waals surface area (Å²) < 4.78 is 0. The standard InChI is InChI=1S/C7H10N2/c1-4-8-6-9-5-7(2)3/h4-6H,1-2H2,3H3. The molecule has 0 saturated heterocycles. The molecule has 0 aromatic rings. The number of nitrogens with zero attached hydrogens (tertiary/aromatic N) is 2. The molecule has 0 aromatic heterocycles. The fourth-order valence-corrected chi connectivity index (χ4v) is 0.246. The molecule has 0 radical (unpaired) electrons. The summed E-state index contributed by atoms with van der Waals surface area (Å²) >= 11 is 0. The van der Waals surface area contributed by atoms with Crippen molar-refractivity contribution in [3.63, 3.8) is 0 Å². The zero-order chi connectivity index (χ0) is 7.11. The Hall–Kier alpha value is -1.18. The van der Waals surface area contributed by atoms with E-state index in [0.29, 0.717) is 0 Å². The molecule has 0 heterocycles. The van der Waals surface area contributed by atoms with E-state index in [1.165, 1.54) is 12.5 Å². The molecule has 0 aromatic carbocycles. The second kappa shape index (κ2) is 4.97. The summed E-state index contributed by atoms with van der Waals surface area (Å²) in [5, 5.41) is 0. The second-order valence-electron chi connectivity index (χ2n) is 1.57. The lowest BCUT2D eigenvalue weighted by Crippen LogP contribution is -1.72. The van der Waals surface area contributed by atoms with Gasteiger partial charge in [-0.3, -0.25) is 0 Å². The van der Waals surface area contributed by atoms with E-state index in [1.54, 1.807) is 6.21 Å². The highest BCUT2D eigenvalue weighted by Gasteiger charge is 1.68. The molecule has 9 heavy (non-hydrogen) atoms. The van der Waals surface area contributed by atoms with E-state index in [1.807, 2.05) is 6.92 Å². The highest BCUT2D eigenvalue weighted by Crippen LogP contribution is 1.77. The summed E-state index contributed by atoms with van der Waals surface area (Å²) in [5.41, 5.74) is 0.908. The van der Waals surface area contributed by atoms with Gasteiger partial charge in [0, 0.05) is 12.4 Å². The van der Waals surface area contributed by atoms with Crippen LogP contribution in [0.2, 0.25) is 0 Å². The van der Waals surface area contributed by atoms with Gasteiger partial charge in [-0.15, -0.1) is 0 Å². The number of rotatable bonds is 3. The van der Waals surface area contributed by atoms with Crippen LogP contribution in [0, 0.1) is 0 Å². The molecule has 0 atom stereocenters. The molecule has 0 spiro atoms. The normalized spacial score (nSPS) is 10.8. The first-order valence-electron chi connectivity index (χ1n) is 2.58. The first kappa shape index (κ1) is 7.82. The number of allylic oxidation sites excluding steroid dienone is 1. The topological polar surface area (TPSA) is 24.7 Å². The molecular formula is C7H10N2. The molecule has 0 aliphatic rings. The van der Waals surface area contributed by atoms with E-state index in [4.69, 9.17) is 0 Å². The first-order valence-corrected chi connectivity index (χ1v) is 2.58. The van der Waals surface area contributed by atoms with Crippen LogP contribution in [0.25, 0.3) is 0 Å². The van der Waals surface area contributed by atoms with Crippen molar-refractivity contribution in [2.24, 2.45) is 9.98 Å². The lowest BCUT2D eigenvalue weighted by molar-refractivity contribution is 1.56. The summed E-state index contributed by atoms with van der Waals surface area (Å²) in [6.07, 6.45) is 4.48. The van der Waals surface area contributed by atoms with Crippen LogP contribution in [0.5, 0.6) is 0 Å². The minimum atomic E-state index is 0.908. The van der Waals surface area contributed by atoms with Gasteiger partial charge in [0.25, 0.3) is 0 Å². The van der Waals surface area contributed by atoms with Crippen LogP contribution in [-0.4, -0.2) is 12.6 Å². The van der Waals surface area contributed by atoms with Gasteiger partial charge in [-0.2, -0.15) is 0 Å². The van der Waals surface area contributed by atoms with Gasteiger partial charge >= 0.3 is 0 Å². The van der Waals surface area contributed by atoms with Crippen molar-refractivity contribution in [3.8, 4) is 0 Å². The van der Waals surface area contributed by atoms with Gasteiger partial charge in [-0.1, -0.05) is 13.2 Å². The lowest BCUT2D eigenvalue weighted by atomic mass is 10.4. The van der Waals surface area contributed by atoms with Crippen LogP contribution in [0.15, 0.2) is 34.9 Å². The molecular weight excluding hydrogens is 112 g/mol. The molecule has 0 bridgehead atoms. The summed E-state index contributed by atoms with van der Waals surface area (Å²) in [7, 11) is 0. The summed E-state index contributed by atoms with van der Waals surface area (Å²) in [4.78, 5) is 7.42. The smallest absolute Gasteiger partial charge is 0.115 e. The van der Waals surface area contributed by atoms with Crippen molar-refractivity contribution in [2.75, 3.05) is 0 Å². The molecule has 0 saturated carbocycles. The van der Waals surface area contributed by atoms with Gasteiger partial charge in [-0.05, 0) is 12.5 Å².